The van der Waals surface area contributed by atoms with Crippen LogP contribution in [-0.2, 0) is 14.5 Å². The summed E-state index contributed by atoms with van der Waals surface area (Å²) in [4.78, 5) is 0. The molecule has 1 saturated carbocycles. The Kier molecular flexibility index (Phi) is 5.04. The van der Waals surface area contributed by atoms with Gasteiger partial charge in [0.15, 0.2) is 0 Å². The molecule has 1 atom stereocenters. The number of rotatable bonds is 7. The van der Waals surface area contributed by atoms with Crippen molar-refractivity contribution in [2.24, 2.45) is 0 Å². The normalized spacial score (nSPS) is 17.2. The molecule has 0 unspecified atom stereocenters. The first-order chi connectivity index (χ1) is 13.2. The monoisotopic (exact) mass is 376 g/mol. The Morgan fingerprint density at radius 2 is 1.37 bits per heavy atom. The molecule has 2 nitrogen and oxygen atoms in total. The molecule has 1 fully saturated rings. The van der Waals surface area contributed by atoms with Crippen molar-refractivity contribution < 1.29 is 9.09 Å². The van der Waals surface area contributed by atoms with E-state index in [-0.39, 0.29) is 5.41 Å². The molecule has 0 spiro atoms. The smallest absolute Gasteiger partial charge is 0.233 e. The molecule has 4 rings (SSSR count). The van der Waals surface area contributed by atoms with Crippen molar-refractivity contribution in [2.75, 3.05) is 12.8 Å². The molecule has 27 heavy (non-hydrogen) atoms. The fraction of sp³-hybridized carbons (Fsp3) is 0.250. The molecule has 0 aromatic heterocycles. The summed E-state index contributed by atoms with van der Waals surface area (Å²) < 4.78 is 19.6. The standard InChI is InChI=1S/C24H25O2P/c1-2-26-27(25,23-11-7-4-8-12-23)19-24(17-18-24)22-15-13-21(14-16-22)20-9-5-3-6-10-20/h3-16H,2,17-19H2,1H3/t27-/m0/s1. The van der Waals surface area contributed by atoms with E-state index >= 15 is 0 Å². The van der Waals surface area contributed by atoms with Crippen molar-refractivity contribution >= 4 is 12.7 Å². The maximum absolute atomic E-state index is 13.7. The Morgan fingerprint density at radius 3 is 1.93 bits per heavy atom. The molecule has 138 valence electrons. The van der Waals surface area contributed by atoms with Gasteiger partial charge in [-0.1, -0.05) is 72.8 Å². The summed E-state index contributed by atoms with van der Waals surface area (Å²) in [5, 5.41) is 0.832. The van der Waals surface area contributed by atoms with E-state index in [4.69, 9.17) is 4.52 Å². The van der Waals surface area contributed by atoms with Crippen molar-refractivity contribution in [2.45, 2.75) is 25.2 Å². The first-order valence-electron chi connectivity index (χ1n) is 9.60. The first-order valence-corrected chi connectivity index (χ1v) is 11.4. The third-order valence-electron chi connectivity index (χ3n) is 5.46. The van der Waals surface area contributed by atoms with Gasteiger partial charge in [-0.2, -0.15) is 0 Å². The van der Waals surface area contributed by atoms with E-state index in [1.54, 1.807) is 0 Å². The quantitative estimate of drug-likeness (QED) is 0.471. The van der Waals surface area contributed by atoms with Gasteiger partial charge >= 0.3 is 0 Å². The summed E-state index contributed by atoms with van der Waals surface area (Å²) in [6.45, 7) is 2.39. The summed E-state index contributed by atoms with van der Waals surface area (Å²) in [6, 6.07) is 28.9. The van der Waals surface area contributed by atoms with Crippen LogP contribution in [-0.4, -0.2) is 12.8 Å². The molecular weight excluding hydrogens is 351 g/mol. The van der Waals surface area contributed by atoms with Gasteiger partial charge in [0, 0.05) is 16.9 Å². The molecular formula is C24H25O2P. The summed E-state index contributed by atoms with van der Waals surface area (Å²) in [5.41, 5.74) is 3.69. The van der Waals surface area contributed by atoms with Crippen molar-refractivity contribution in [1.82, 2.24) is 0 Å². The van der Waals surface area contributed by atoms with Crippen LogP contribution in [0.1, 0.15) is 25.3 Å². The molecule has 3 aromatic carbocycles. The van der Waals surface area contributed by atoms with E-state index in [2.05, 4.69) is 48.5 Å². The van der Waals surface area contributed by atoms with Crippen molar-refractivity contribution in [1.29, 1.82) is 0 Å². The average molecular weight is 376 g/mol. The van der Waals surface area contributed by atoms with Gasteiger partial charge in [-0.25, -0.2) is 0 Å². The Morgan fingerprint density at radius 1 is 0.815 bits per heavy atom. The van der Waals surface area contributed by atoms with Gasteiger partial charge in [-0.15, -0.1) is 0 Å². The highest BCUT2D eigenvalue weighted by atomic mass is 31.2. The maximum atomic E-state index is 13.7. The summed E-state index contributed by atoms with van der Waals surface area (Å²) >= 11 is 0. The minimum absolute atomic E-state index is 0.0181. The zero-order valence-corrected chi connectivity index (χ0v) is 16.6. The Balaban J connectivity index is 1.61. The van der Waals surface area contributed by atoms with E-state index < -0.39 is 7.37 Å². The van der Waals surface area contributed by atoms with Crippen LogP contribution in [0.25, 0.3) is 11.1 Å². The fourth-order valence-corrected chi connectivity index (χ4v) is 6.57. The highest BCUT2D eigenvalue weighted by Crippen LogP contribution is 2.60. The SMILES string of the molecule is CCO[P@@](=O)(CC1(c2ccc(-c3ccccc3)cc2)CC1)c1ccccc1. The molecule has 1 aliphatic rings. The lowest BCUT2D eigenvalue weighted by atomic mass is 9.95. The predicted molar refractivity (Wildman–Crippen MR) is 113 cm³/mol. The third-order valence-corrected chi connectivity index (χ3v) is 8.24. The van der Waals surface area contributed by atoms with Crippen LogP contribution in [0, 0.1) is 0 Å². The summed E-state index contributed by atoms with van der Waals surface area (Å²) in [5.74, 6) is 0. The van der Waals surface area contributed by atoms with Crippen molar-refractivity contribution in [3.63, 3.8) is 0 Å². The summed E-state index contributed by atoms with van der Waals surface area (Å²) in [6.07, 6.45) is 2.73. The van der Waals surface area contributed by atoms with Crippen molar-refractivity contribution in [3.8, 4) is 11.1 Å². The van der Waals surface area contributed by atoms with Crippen molar-refractivity contribution in [3.05, 3.63) is 90.5 Å². The second-order valence-corrected chi connectivity index (χ2v) is 9.75. The predicted octanol–water partition coefficient (Wildman–Crippen LogP) is 6.03. The fourth-order valence-electron chi connectivity index (χ4n) is 3.81. The van der Waals surface area contributed by atoms with Gasteiger partial charge in [0.1, 0.15) is 0 Å². The molecule has 3 heteroatoms. The number of hydrogen-bond donors (Lipinski definition) is 0. The van der Waals surface area contributed by atoms with Crippen LogP contribution in [0.3, 0.4) is 0 Å². The van der Waals surface area contributed by atoms with Gasteiger partial charge in [0.25, 0.3) is 0 Å². The van der Waals surface area contributed by atoms with Gasteiger partial charge in [0.05, 0.1) is 6.61 Å². The molecule has 3 aromatic rings. The molecule has 0 saturated heterocycles. The van der Waals surface area contributed by atoms with Crippen LogP contribution < -0.4 is 5.30 Å². The van der Waals surface area contributed by atoms with Gasteiger partial charge < -0.3 is 4.52 Å². The van der Waals surface area contributed by atoms with Crippen LogP contribution in [0.5, 0.6) is 0 Å². The molecule has 0 N–H and O–H groups in total. The molecule has 0 radical (unpaired) electrons. The highest BCUT2D eigenvalue weighted by Gasteiger charge is 2.49. The average Bonchev–Trinajstić information content (AvgIpc) is 3.50. The van der Waals surface area contributed by atoms with E-state index in [0.29, 0.717) is 12.8 Å². The largest absolute Gasteiger partial charge is 0.326 e. The molecule has 1 aliphatic carbocycles. The van der Waals surface area contributed by atoms with E-state index in [9.17, 15) is 4.57 Å². The second kappa shape index (κ2) is 7.46. The van der Waals surface area contributed by atoms with E-state index in [0.717, 1.165) is 18.1 Å². The minimum Gasteiger partial charge on any atom is -0.326 e. The molecule has 0 amide bonds. The zero-order chi connectivity index (χ0) is 18.7. The topological polar surface area (TPSA) is 26.3 Å². The zero-order valence-electron chi connectivity index (χ0n) is 15.7. The number of benzene rings is 3. The van der Waals surface area contributed by atoms with Gasteiger partial charge in [-0.3, -0.25) is 4.57 Å². The number of hydrogen-bond acceptors (Lipinski definition) is 2. The Hall–Kier alpha value is -2.15. The molecule has 0 aliphatic heterocycles. The van der Waals surface area contributed by atoms with Gasteiger partial charge in [0.2, 0.25) is 7.37 Å². The van der Waals surface area contributed by atoms with Gasteiger partial charge in [-0.05, 0) is 48.6 Å². The van der Waals surface area contributed by atoms with Crippen LogP contribution >= 0.6 is 7.37 Å². The van der Waals surface area contributed by atoms with Crippen LogP contribution in [0.15, 0.2) is 84.9 Å². The Labute approximate surface area is 161 Å². The van der Waals surface area contributed by atoms with E-state index in [1.807, 2.05) is 43.3 Å². The molecule has 0 bridgehead atoms. The molecule has 0 heterocycles. The first kappa shape index (κ1) is 18.2. The van der Waals surface area contributed by atoms with Crippen LogP contribution in [0.2, 0.25) is 0 Å². The highest BCUT2D eigenvalue weighted by molar-refractivity contribution is 7.67. The van der Waals surface area contributed by atoms with Crippen LogP contribution in [0.4, 0.5) is 0 Å². The lowest BCUT2D eigenvalue weighted by Gasteiger charge is -2.24. The third kappa shape index (κ3) is 3.78. The maximum Gasteiger partial charge on any atom is 0.233 e. The second-order valence-electron chi connectivity index (χ2n) is 7.31. The van der Waals surface area contributed by atoms with E-state index in [1.165, 1.54) is 16.7 Å². The Bertz CT molecular complexity index is 929. The summed E-state index contributed by atoms with van der Waals surface area (Å²) in [7, 11) is -2.87. The minimum atomic E-state index is -2.87. The lowest BCUT2D eigenvalue weighted by Crippen LogP contribution is -2.20. The lowest BCUT2D eigenvalue weighted by molar-refractivity contribution is 0.338.